The summed E-state index contributed by atoms with van der Waals surface area (Å²) in [6.07, 6.45) is 0.770. The van der Waals surface area contributed by atoms with Gasteiger partial charge in [-0.1, -0.05) is 65.3 Å². The smallest absolute Gasteiger partial charge is 0.230 e. The minimum Gasteiger partial charge on any atom is -0.355 e. The lowest BCUT2D eigenvalue weighted by atomic mass is 10.1. The molecule has 0 atom stereocenters. The number of carbonyl (C=O) groups excluding carboxylic acids is 1. The summed E-state index contributed by atoms with van der Waals surface area (Å²) in [6, 6.07) is 15.7. The third-order valence-corrected chi connectivity index (χ3v) is 4.87. The average Bonchev–Trinajstić information content (AvgIpc) is 3.11. The summed E-state index contributed by atoms with van der Waals surface area (Å²) >= 11 is 7.17. The van der Waals surface area contributed by atoms with Crippen molar-refractivity contribution in [3.8, 4) is 11.4 Å². The summed E-state index contributed by atoms with van der Waals surface area (Å²) in [5.41, 5.74) is 3.31. The van der Waals surface area contributed by atoms with E-state index in [4.69, 9.17) is 11.6 Å². The maximum atomic E-state index is 12.0. The summed E-state index contributed by atoms with van der Waals surface area (Å²) < 4.78 is 0. The van der Waals surface area contributed by atoms with E-state index < -0.39 is 0 Å². The normalized spacial score (nSPS) is 10.7. The first-order valence-electron chi connectivity index (χ1n) is 8.23. The molecular formula is C19H19ClN4OS. The molecule has 1 aromatic heterocycles. The molecule has 2 N–H and O–H groups in total. The number of aromatic amines is 1. The topological polar surface area (TPSA) is 70.7 Å². The molecule has 3 aromatic rings. The van der Waals surface area contributed by atoms with Crippen LogP contribution < -0.4 is 5.32 Å². The zero-order valence-corrected chi connectivity index (χ0v) is 15.9. The lowest BCUT2D eigenvalue weighted by Gasteiger charge is -2.04. The number of halogens is 1. The number of hydrogen-bond donors (Lipinski definition) is 2. The molecule has 0 fully saturated rings. The van der Waals surface area contributed by atoms with Crippen molar-refractivity contribution < 1.29 is 4.79 Å². The Labute approximate surface area is 161 Å². The number of aromatic nitrogens is 3. The highest BCUT2D eigenvalue weighted by Crippen LogP contribution is 2.19. The van der Waals surface area contributed by atoms with E-state index in [0.717, 1.165) is 17.5 Å². The lowest BCUT2D eigenvalue weighted by Crippen LogP contribution is -2.27. The van der Waals surface area contributed by atoms with Gasteiger partial charge in [0.15, 0.2) is 5.82 Å². The molecule has 134 valence electrons. The van der Waals surface area contributed by atoms with Gasteiger partial charge < -0.3 is 5.32 Å². The van der Waals surface area contributed by atoms with Gasteiger partial charge in [0.05, 0.1) is 5.75 Å². The molecule has 5 nitrogen and oxygen atoms in total. The number of hydrogen-bond acceptors (Lipinski definition) is 4. The van der Waals surface area contributed by atoms with Crippen molar-refractivity contribution in [3.05, 3.63) is 64.7 Å². The van der Waals surface area contributed by atoms with Gasteiger partial charge in [0.2, 0.25) is 11.1 Å². The summed E-state index contributed by atoms with van der Waals surface area (Å²) in [7, 11) is 0. The number of benzene rings is 2. The number of nitrogens with one attached hydrogen (secondary N) is 2. The number of rotatable bonds is 7. The molecule has 0 radical (unpaired) electrons. The molecule has 0 aliphatic heterocycles. The monoisotopic (exact) mass is 386 g/mol. The van der Waals surface area contributed by atoms with Gasteiger partial charge in [0.25, 0.3) is 0 Å². The van der Waals surface area contributed by atoms with Crippen LogP contribution >= 0.6 is 23.4 Å². The van der Waals surface area contributed by atoms with Crippen LogP contribution in [-0.2, 0) is 11.2 Å². The number of amides is 1. The second-order valence-corrected chi connectivity index (χ2v) is 7.23. The number of nitrogens with zero attached hydrogens (tertiary/aromatic N) is 2. The van der Waals surface area contributed by atoms with Crippen molar-refractivity contribution in [2.75, 3.05) is 12.3 Å². The Hall–Kier alpha value is -2.31. The Balaban J connectivity index is 1.43. The molecule has 0 spiro atoms. The van der Waals surface area contributed by atoms with Crippen molar-refractivity contribution >= 4 is 29.3 Å². The zero-order chi connectivity index (χ0) is 18.4. The van der Waals surface area contributed by atoms with Gasteiger partial charge in [-0.15, -0.1) is 5.10 Å². The fraction of sp³-hybridized carbons (Fsp3) is 0.211. The molecule has 0 aliphatic rings. The molecular weight excluding hydrogens is 368 g/mol. The molecule has 0 bridgehead atoms. The molecule has 26 heavy (non-hydrogen) atoms. The number of thioether (sulfide) groups is 1. The summed E-state index contributed by atoms with van der Waals surface area (Å²) in [4.78, 5) is 16.4. The van der Waals surface area contributed by atoms with Crippen LogP contribution in [0.4, 0.5) is 0 Å². The zero-order valence-electron chi connectivity index (χ0n) is 14.3. The molecule has 0 saturated carbocycles. The first-order chi connectivity index (χ1) is 12.6. The highest BCUT2D eigenvalue weighted by Gasteiger charge is 2.09. The van der Waals surface area contributed by atoms with Gasteiger partial charge in [-0.05, 0) is 31.0 Å². The second kappa shape index (κ2) is 8.87. The van der Waals surface area contributed by atoms with Crippen LogP contribution in [0.5, 0.6) is 0 Å². The summed E-state index contributed by atoms with van der Waals surface area (Å²) in [5, 5.41) is 11.2. The minimum absolute atomic E-state index is 0.0364. The Kier molecular flexibility index (Phi) is 6.30. The standard InChI is InChI=1S/C19H19ClN4OS/c1-13-2-6-15(7-3-13)18-22-19(24-23-18)26-12-17(25)21-11-10-14-4-8-16(20)9-5-14/h2-9H,10-12H2,1H3,(H,21,25)(H,22,23,24). The van der Waals surface area contributed by atoms with Crippen LogP contribution in [-0.4, -0.2) is 33.4 Å². The fourth-order valence-electron chi connectivity index (χ4n) is 2.33. The van der Waals surface area contributed by atoms with Crippen LogP contribution in [0.25, 0.3) is 11.4 Å². The first-order valence-corrected chi connectivity index (χ1v) is 9.60. The quantitative estimate of drug-likeness (QED) is 0.604. The van der Waals surface area contributed by atoms with Crippen LogP contribution in [0, 0.1) is 6.92 Å². The molecule has 1 amide bonds. The third kappa shape index (κ3) is 5.34. The van der Waals surface area contributed by atoms with E-state index in [2.05, 4.69) is 20.5 Å². The number of H-pyrrole nitrogens is 1. The molecule has 1 heterocycles. The maximum absolute atomic E-state index is 12.0. The van der Waals surface area contributed by atoms with Crippen LogP contribution in [0.3, 0.4) is 0 Å². The van der Waals surface area contributed by atoms with E-state index in [0.29, 0.717) is 22.5 Å². The van der Waals surface area contributed by atoms with E-state index >= 15 is 0 Å². The largest absolute Gasteiger partial charge is 0.355 e. The van der Waals surface area contributed by atoms with Crippen molar-refractivity contribution in [3.63, 3.8) is 0 Å². The van der Waals surface area contributed by atoms with Gasteiger partial charge in [0, 0.05) is 17.1 Å². The molecule has 3 rings (SSSR count). The van der Waals surface area contributed by atoms with Gasteiger partial charge in [-0.2, -0.15) is 0 Å². The van der Waals surface area contributed by atoms with Gasteiger partial charge >= 0.3 is 0 Å². The predicted molar refractivity (Wildman–Crippen MR) is 105 cm³/mol. The Morgan fingerprint density at radius 3 is 2.62 bits per heavy atom. The van der Waals surface area contributed by atoms with Crippen LogP contribution in [0.1, 0.15) is 11.1 Å². The fourth-order valence-corrected chi connectivity index (χ4v) is 3.08. The number of aryl methyl sites for hydroxylation is 1. The first kappa shape index (κ1) is 18.5. The van der Waals surface area contributed by atoms with Crippen molar-refractivity contribution in [1.82, 2.24) is 20.5 Å². The Morgan fingerprint density at radius 1 is 1.15 bits per heavy atom. The maximum Gasteiger partial charge on any atom is 0.230 e. The lowest BCUT2D eigenvalue weighted by molar-refractivity contribution is -0.118. The second-order valence-electron chi connectivity index (χ2n) is 5.85. The Morgan fingerprint density at radius 2 is 1.88 bits per heavy atom. The van der Waals surface area contributed by atoms with Crippen molar-refractivity contribution in [1.29, 1.82) is 0 Å². The van der Waals surface area contributed by atoms with E-state index in [9.17, 15) is 4.79 Å². The molecule has 7 heteroatoms. The number of carbonyl (C=O) groups is 1. The van der Waals surface area contributed by atoms with Crippen LogP contribution in [0.15, 0.2) is 53.7 Å². The van der Waals surface area contributed by atoms with Gasteiger partial charge in [-0.3, -0.25) is 9.89 Å². The third-order valence-electron chi connectivity index (χ3n) is 3.77. The van der Waals surface area contributed by atoms with E-state index in [1.807, 2.05) is 55.5 Å². The molecule has 0 saturated heterocycles. The van der Waals surface area contributed by atoms with Gasteiger partial charge in [-0.25, -0.2) is 4.98 Å². The molecule has 0 unspecified atom stereocenters. The average molecular weight is 387 g/mol. The van der Waals surface area contributed by atoms with E-state index in [1.54, 1.807) is 0 Å². The van der Waals surface area contributed by atoms with Gasteiger partial charge in [0.1, 0.15) is 0 Å². The SMILES string of the molecule is Cc1ccc(-c2nc(SCC(=O)NCCc3ccc(Cl)cc3)n[nH]2)cc1. The van der Waals surface area contributed by atoms with Crippen LogP contribution in [0.2, 0.25) is 5.02 Å². The van der Waals surface area contributed by atoms with E-state index in [1.165, 1.54) is 17.3 Å². The Bertz CT molecular complexity index is 862. The molecule has 0 aliphatic carbocycles. The highest BCUT2D eigenvalue weighted by molar-refractivity contribution is 7.99. The molecule has 2 aromatic carbocycles. The predicted octanol–water partition coefficient (Wildman–Crippen LogP) is 3.88. The summed E-state index contributed by atoms with van der Waals surface area (Å²) in [5.74, 6) is 0.951. The highest BCUT2D eigenvalue weighted by atomic mass is 35.5. The minimum atomic E-state index is -0.0364. The van der Waals surface area contributed by atoms with E-state index in [-0.39, 0.29) is 11.7 Å². The van der Waals surface area contributed by atoms with Crippen molar-refractivity contribution in [2.45, 2.75) is 18.5 Å². The summed E-state index contributed by atoms with van der Waals surface area (Å²) in [6.45, 7) is 2.63. The van der Waals surface area contributed by atoms with Crippen molar-refractivity contribution in [2.24, 2.45) is 0 Å².